The Morgan fingerprint density at radius 1 is 1.21 bits per heavy atom. The van der Waals surface area contributed by atoms with Crippen molar-refractivity contribution < 1.29 is 24.2 Å². The molecule has 0 saturated heterocycles. The van der Waals surface area contributed by atoms with Crippen LogP contribution in [0.2, 0.25) is 5.02 Å². The molecule has 0 atom stereocenters. The molecule has 1 heterocycles. The molecule has 3 aromatic rings. The third kappa shape index (κ3) is 3.14. The highest BCUT2D eigenvalue weighted by atomic mass is 35.5. The number of carbonyl (C=O) groups is 3. The number of nitrogens with zero attached hydrogens (tertiary/aromatic N) is 1. The van der Waals surface area contributed by atoms with Crippen LogP contribution in [0.3, 0.4) is 0 Å². The van der Waals surface area contributed by atoms with E-state index in [1.165, 1.54) is 32.2 Å². The lowest BCUT2D eigenvalue weighted by molar-refractivity contribution is 0.0985. The highest BCUT2D eigenvalue weighted by Gasteiger charge is 2.24. The second-order valence-corrected chi connectivity index (χ2v) is 6.34. The number of carbonyl (C=O) groups excluding carboxylic acids is 3. The molecule has 0 bridgehead atoms. The molecule has 8 nitrogen and oxygen atoms in total. The first-order valence-electron chi connectivity index (χ1n) is 8.08. The summed E-state index contributed by atoms with van der Waals surface area (Å²) >= 11 is 6.12. The Morgan fingerprint density at radius 3 is 2.54 bits per heavy atom. The van der Waals surface area contributed by atoms with Crippen LogP contribution in [0.25, 0.3) is 10.9 Å². The van der Waals surface area contributed by atoms with Crippen LogP contribution in [0.5, 0.6) is 11.6 Å². The zero-order valence-electron chi connectivity index (χ0n) is 14.9. The Morgan fingerprint density at radius 2 is 1.93 bits per heavy atom. The second-order valence-electron chi connectivity index (χ2n) is 5.93. The predicted molar refractivity (Wildman–Crippen MR) is 105 cm³/mol. The molecule has 4 N–H and O–H groups in total. The van der Waals surface area contributed by atoms with Crippen LogP contribution in [-0.4, -0.2) is 34.5 Å². The van der Waals surface area contributed by atoms with Gasteiger partial charge >= 0.3 is 6.03 Å². The summed E-state index contributed by atoms with van der Waals surface area (Å²) in [6.45, 7) is 1.31. The molecular weight excluding hydrogens is 386 g/mol. The number of hydrogen-bond donors (Lipinski definition) is 3. The molecule has 1 aromatic heterocycles. The van der Waals surface area contributed by atoms with Crippen LogP contribution < -0.4 is 15.8 Å². The highest BCUT2D eigenvalue weighted by Crippen LogP contribution is 2.38. The SMILES string of the molecule is COc1ccc2c(NC(=O)c3c(Cl)cccc3C(C)=O)c(O)n(C(N)=O)c2c1. The minimum atomic E-state index is -0.946. The summed E-state index contributed by atoms with van der Waals surface area (Å²) in [7, 11) is 1.45. The van der Waals surface area contributed by atoms with E-state index >= 15 is 0 Å². The normalized spacial score (nSPS) is 10.7. The molecule has 0 unspecified atom stereocenters. The van der Waals surface area contributed by atoms with Crippen LogP contribution in [0.4, 0.5) is 10.5 Å². The Balaban J connectivity index is 2.16. The molecule has 3 rings (SSSR count). The van der Waals surface area contributed by atoms with Gasteiger partial charge < -0.3 is 20.9 Å². The summed E-state index contributed by atoms with van der Waals surface area (Å²) in [4.78, 5) is 36.5. The van der Waals surface area contributed by atoms with E-state index in [0.717, 1.165) is 4.57 Å². The van der Waals surface area contributed by atoms with Crippen LogP contribution in [-0.2, 0) is 0 Å². The van der Waals surface area contributed by atoms with Crippen molar-refractivity contribution in [3.63, 3.8) is 0 Å². The van der Waals surface area contributed by atoms with Gasteiger partial charge in [0.2, 0.25) is 5.88 Å². The van der Waals surface area contributed by atoms with Gasteiger partial charge in [0.1, 0.15) is 11.4 Å². The maximum Gasteiger partial charge on any atom is 0.326 e. The van der Waals surface area contributed by atoms with Gasteiger partial charge in [-0.2, -0.15) is 0 Å². The van der Waals surface area contributed by atoms with Crippen molar-refractivity contribution >= 4 is 45.9 Å². The van der Waals surface area contributed by atoms with Crippen molar-refractivity contribution in [3.8, 4) is 11.6 Å². The number of hydrogen-bond acceptors (Lipinski definition) is 5. The molecule has 0 aliphatic rings. The standard InChI is InChI=1S/C19H16ClN3O5/c1-9(24)11-4-3-5-13(20)15(11)17(25)22-16-12-7-6-10(28-2)8-14(12)23(18(16)26)19(21)27/h3-8,26H,1-2H3,(H2,21,27)(H,22,25). The van der Waals surface area contributed by atoms with E-state index in [-0.39, 0.29) is 33.1 Å². The van der Waals surface area contributed by atoms with Crippen LogP contribution in [0, 0.1) is 0 Å². The van der Waals surface area contributed by atoms with E-state index in [1.54, 1.807) is 18.2 Å². The first kappa shape index (κ1) is 19.2. The van der Waals surface area contributed by atoms with Crippen LogP contribution in [0.1, 0.15) is 27.6 Å². The average molecular weight is 402 g/mol. The van der Waals surface area contributed by atoms with Crippen molar-refractivity contribution in [2.45, 2.75) is 6.92 Å². The summed E-state index contributed by atoms with van der Waals surface area (Å²) < 4.78 is 5.96. The van der Waals surface area contributed by atoms with Gasteiger partial charge in [-0.05, 0) is 25.1 Å². The van der Waals surface area contributed by atoms with E-state index in [2.05, 4.69) is 5.32 Å². The zero-order chi connectivity index (χ0) is 20.6. The quantitative estimate of drug-likeness (QED) is 0.578. The number of primary amides is 1. The largest absolute Gasteiger partial charge is 0.497 e. The molecule has 0 radical (unpaired) electrons. The van der Waals surface area contributed by atoms with Gasteiger partial charge in [0, 0.05) is 17.0 Å². The number of ketones is 1. The van der Waals surface area contributed by atoms with Gasteiger partial charge in [-0.15, -0.1) is 0 Å². The lowest BCUT2D eigenvalue weighted by Crippen LogP contribution is -2.19. The topological polar surface area (TPSA) is 124 Å². The van der Waals surface area contributed by atoms with Crippen molar-refractivity contribution in [2.75, 3.05) is 12.4 Å². The second kappa shape index (κ2) is 7.24. The van der Waals surface area contributed by atoms with E-state index in [0.29, 0.717) is 11.1 Å². The number of nitrogens with one attached hydrogen (secondary N) is 1. The molecule has 0 aliphatic carbocycles. The molecule has 0 aliphatic heterocycles. The number of rotatable bonds is 4. The minimum Gasteiger partial charge on any atom is -0.497 e. The highest BCUT2D eigenvalue weighted by molar-refractivity contribution is 6.35. The number of benzene rings is 2. The van der Waals surface area contributed by atoms with E-state index < -0.39 is 17.8 Å². The van der Waals surface area contributed by atoms with Gasteiger partial charge in [0.15, 0.2) is 5.78 Å². The fourth-order valence-electron chi connectivity index (χ4n) is 2.95. The maximum atomic E-state index is 12.8. The van der Waals surface area contributed by atoms with Gasteiger partial charge in [-0.3, -0.25) is 9.59 Å². The van der Waals surface area contributed by atoms with Crippen molar-refractivity contribution in [1.82, 2.24) is 4.57 Å². The van der Waals surface area contributed by atoms with E-state index in [4.69, 9.17) is 22.1 Å². The van der Waals surface area contributed by atoms with Crippen molar-refractivity contribution in [2.24, 2.45) is 5.73 Å². The molecule has 0 saturated carbocycles. The molecule has 9 heteroatoms. The van der Waals surface area contributed by atoms with Crippen LogP contribution >= 0.6 is 11.6 Å². The molecule has 0 spiro atoms. The number of ether oxygens (including phenoxy) is 1. The van der Waals surface area contributed by atoms with Gasteiger partial charge in [-0.1, -0.05) is 23.7 Å². The molecule has 2 amide bonds. The zero-order valence-corrected chi connectivity index (χ0v) is 15.7. The van der Waals surface area contributed by atoms with Gasteiger partial charge in [0.05, 0.1) is 23.2 Å². The number of methoxy groups -OCH3 is 1. The summed E-state index contributed by atoms with van der Waals surface area (Å²) in [5.41, 5.74) is 5.65. The van der Waals surface area contributed by atoms with Crippen molar-refractivity contribution in [1.29, 1.82) is 0 Å². The Labute approximate surface area is 164 Å². The minimum absolute atomic E-state index is 0.0375. The number of nitrogens with two attached hydrogens (primary N) is 1. The smallest absolute Gasteiger partial charge is 0.326 e. The van der Waals surface area contributed by atoms with E-state index in [1.807, 2.05) is 0 Å². The molecule has 2 aromatic carbocycles. The molecule has 144 valence electrons. The maximum absolute atomic E-state index is 12.8. The Hall–Kier alpha value is -3.52. The monoisotopic (exact) mass is 401 g/mol. The summed E-state index contributed by atoms with van der Waals surface area (Å²) in [6.07, 6.45) is 0. The number of amides is 2. The van der Waals surface area contributed by atoms with Gasteiger partial charge in [0.25, 0.3) is 5.91 Å². The third-order valence-corrected chi connectivity index (χ3v) is 4.54. The molecular formula is C19H16ClN3O5. The van der Waals surface area contributed by atoms with E-state index in [9.17, 15) is 19.5 Å². The number of anilines is 1. The van der Waals surface area contributed by atoms with Crippen LogP contribution in [0.15, 0.2) is 36.4 Å². The number of halogens is 1. The summed E-state index contributed by atoms with van der Waals surface area (Å²) in [5.74, 6) is -1.19. The lowest BCUT2D eigenvalue weighted by Gasteiger charge is -2.10. The number of fused-ring (bicyclic) bond motifs is 1. The fourth-order valence-corrected chi connectivity index (χ4v) is 3.21. The first-order valence-corrected chi connectivity index (χ1v) is 8.46. The summed E-state index contributed by atoms with van der Waals surface area (Å²) in [5, 5.41) is 13.4. The average Bonchev–Trinajstić information content (AvgIpc) is 2.92. The molecule has 0 fully saturated rings. The Bertz CT molecular complexity index is 1140. The third-order valence-electron chi connectivity index (χ3n) is 4.23. The first-order chi connectivity index (χ1) is 13.3. The molecule has 28 heavy (non-hydrogen) atoms. The fraction of sp³-hybridized carbons (Fsp3) is 0.105. The number of aromatic nitrogens is 1. The Kier molecular flexibility index (Phi) is 4.98. The predicted octanol–water partition coefficient (Wildman–Crippen LogP) is 3.39. The summed E-state index contributed by atoms with van der Waals surface area (Å²) in [6, 6.07) is 8.20. The van der Waals surface area contributed by atoms with Gasteiger partial charge in [-0.25, -0.2) is 9.36 Å². The van der Waals surface area contributed by atoms with Crippen molar-refractivity contribution in [3.05, 3.63) is 52.5 Å². The number of Topliss-reactive ketones (excluding diaryl/α,β-unsaturated/α-hetero) is 1. The lowest BCUT2D eigenvalue weighted by atomic mass is 10.0. The number of aromatic hydroxyl groups is 1.